The van der Waals surface area contributed by atoms with Gasteiger partial charge in [0.25, 0.3) is 0 Å². The van der Waals surface area contributed by atoms with E-state index in [1.807, 2.05) is 6.92 Å². The van der Waals surface area contributed by atoms with Crippen LogP contribution in [0.1, 0.15) is 11.4 Å². The first-order chi connectivity index (χ1) is 9.24. The number of ether oxygens (including phenoxy) is 1. The van der Waals surface area contributed by atoms with Gasteiger partial charge in [-0.2, -0.15) is 0 Å². The minimum atomic E-state index is 0.412. The summed E-state index contributed by atoms with van der Waals surface area (Å²) >= 11 is 0. The van der Waals surface area contributed by atoms with E-state index in [0.29, 0.717) is 23.9 Å². The lowest BCUT2D eigenvalue weighted by Gasteiger charge is -2.12. The molecule has 0 spiro atoms. The number of hydrogen-bond acceptors (Lipinski definition) is 8. The average Bonchev–Trinajstić information content (AvgIpc) is 2.46. The molecule has 2 heterocycles. The van der Waals surface area contributed by atoms with Crippen molar-refractivity contribution in [3.63, 3.8) is 0 Å². The largest absolute Gasteiger partial charge is 0.490 e. The molecule has 0 amide bonds. The number of rotatable bonds is 5. The van der Waals surface area contributed by atoms with Gasteiger partial charge in [0, 0.05) is 6.20 Å². The molecule has 0 saturated heterocycles. The highest BCUT2D eigenvalue weighted by Gasteiger charge is 2.10. The molecular weight excluding hydrogens is 246 g/mol. The van der Waals surface area contributed by atoms with Crippen molar-refractivity contribution in [1.29, 1.82) is 0 Å². The fraction of sp³-hybridized carbons (Fsp3) is 0.273. The van der Waals surface area contributed by atoms with Gasteiger partial charge >= 0.3 is 0 Å². The van der Waals surface area contributed by atoms with Crippen LogP contribution < -0.4 is 21.3 Å². The maximum absolute atomic E-state index is 5.35. The molecule has 19 heavy (non-hydrogen) atoms. The Balaban J connectivity index is 2.13. The predicted octanol–water partition coefficient (Wildman–Crippen LogP) is 0.481. The first-order valence-corrected chi connectivity index (χ1v) is 5.61. The van der Waals surface area contributed by atoms with Gasteiger partial charge < -0.3 is 15.5 Å². The lowest BCUT2D eigenvalue weighted by atomic mass is 10.4. The van der Waals surface area contributed by atoms with Crippen LogP contribution >= 0.6 is 0 Å². The molecule has 0 atom stereocenters. The Hall–Kier alpha value is -2.48. The smallest absolute Gasteiger partial charge is 0.205 e. The van der Waals surface area contributed by atoms with Gasteiger partial charge in [-0.3, -0.25) is 9.97 Å². The summed E-state index contributed by atoms with van der Waals surface area (Å²) in [6, 6.07) is 0. The molecule has 0 aromatic carbocycles. The topological polar surface area (TPSA) is 111 Å². The highest BCUT2D eigenvalue weighted by molar-refractivity contribution is 5.62. The molecule has 0 unspecified atom stereocenters. The van der Waals surface area contributed by atoms with Crippen molar-refractivity contribution in [2.75, 3.05) is 17.9 Å². The summed E-state index contributed by atoms with van der Waals surface area (Å²) in [5, 5.41) is 3.10. The number of nitrogens with one attached hydrogen (secondary N) is 2. The van der Waals surface area contributed by atoms with Crippen LogP contribution in [0.5, 0.6) is 5.75 Å². The highest BCUT2D eigenvalue weighted by Crippen LogP contribution is 2.28. The molecule has 4 N–H and O–H groups in total. The van der Waals surface area contributed by atoms with Crippen molar-refractivity contribution < 1.29 is 4.74 Å². The van der Waals surface area contributed by atoms with Gasteiger partial charge in [-0.25, -0.2) is 15.8 Å². The van der Waals surface area contributed by atoms with Gasteiger partial charge in [0.15, 0.2) is 11.6 Å². The molecule has 2 aromatic heterocycles. The first kappa shape index (κ1) is 13.0. The molecule has 0 aliphatic rings. The monoisotopic (exact) mass is 261 g/mol. The lowest BCUT2D eigenvalue weighted by Crippen LogP contribution is -2.12. The van der Waals surface area contributed by atoms with Crippen LogP contribution in [0.25, 0.3) is 0 Å². The molecule has 0 fully saturated rings. The second kappa shape index (κ2) is 5.91. The molecule has 100 valence electrons. The van der Waals surface area contributed by atoms with E-state index in [0.717, 1.165) is 11.4 Å². The normalized spacial score (nSPS) is 10.1. The second-order valence-electron chi connectivity index (χ2n) is 3.75. The minimum Gasteiger partial charge on any atom is -0.490 e. The van der Waals surface area contributed by atoms with E-state index < -0.39 is 0 Å². The van der Waals surface area contributed by atoms with Crippen LogP contribution in [0.15, 0.2) is 18.7 Å². The minimum absolute atomic E-state index is 0.412. The van der Waals surface area contributed by atoms with Crippen LogP contribution in [0.3, 0.4) is 0 Å². The number of nitrogens with zero attached hydrogens (tertiary/aromatic N) is 4. The van der Waals surface area contributed by atoms with Crippen LogP contribution in [0, 0.1) is 6.92 Å². The third-order valence-corrected chi connectivity index (χ3v) is 2.42. The Labute approximate surface area is 110 Å². The summed E-state index contributed by atoms with van der Waals surface area (Å²) in [4.78, 5) is 16.5. The van der Waals surface area contributed by atoms with Gasteiger partial charge in [-0.15, -0.1) is 0 Å². The molecule has 2 rings (SSSR count). The molecule has 0 aliphatic heterocycles. The molecule has 0 aliphatic carbocycles. The SMILES string of the molecule is COc1c(NN)ncnc1NCc1cnc(C)cn1. The standard InChI is InChI=1S/C11H15N7O/c1-7-3-14-8(4-13-7)5-15-10-9(19-2)11(18-12)17-6-16-10/h3-4,6H,5,12H2,1-2H3,(H2,15,16,17,18). The van der Waals surface area contributed by atoms with Crippen molar-refractivity contribution in [1.82, 2.24) is 19.9 Å². The summed E-state index contributed by atoms with van der Waals surface area (Å²) in [7, 11) is 1.52. The van der Waals surface area contributed by atoms with Crippen molar-refractivity contribution in [2.24, 2.45) is 5.84 Å². The maximum Gasteiger partial charge on any atom is 0.205 e. The summed E-state index contributed by atoms with van der Waals surface area (Å²) < 4.78 is 5.21. The Bertz CT molecular complexity index is 543. The summed E-state index contributed by atoms with van der Waals surface area (Å²) in [5.41, 5.74) is 4.12. The summed E-state index contributed by atoms with van der Waals surface area (Å²) in [5.74, 6) is 6.74. The highest BCUT2D eigenvalue weighted by atomic mass is 16.5. The zero-order valence-corrected chi connectivity index (χ0v) is 10.7. The number of aryl methyl sites for hydroxylation is 1. The Morgan fingerprint density at radius 2 is 1.95 bits per heavy atom. The van der Waals surface area contributed by atoms with Crippen LogP contribution in [-0.4, -0.2) is 27.0 Å². The van der Waals surface area contributed by atoms with Gasteiger partial charge in [-0.05, 0) is 6.92 Å². The van der Waals surface area contributed by atoms with Gasteiger partial charge in [0.2, 0.25) is 5.75 Å². The van der Waals surface area contributed by atoms with Crippen LogP contribution in [0.2, 0.25) is 0 Å². The van der Waals surface area contributed by atoms with Crippen LogP contribution in [0.4, 0.5) is 11.6 Å². The fourth-order valence-electron chi connectivity index (χ4n) is 1.48. The quantitative estimate of drug-likeness (QED) is 0.526. The van der Waals surface area contributed by atoms with Crippen molar-refractivity contribution in [2.45, 2.75) is 13.5 Å². The van der Waals surface area contributed by atoms with Crippen molar-refractivity contribution in [3.05, 3.63) is 30.1 Å². The maximum atomic E-state index is 5.35. The number of hydrazine groups is 1. The second-order valence-corrected chi connectivity index (χ2v) is 3.75. The number of methoxy groups -OCH3 is 1. The molecule has 2 aromatic rings. The van der Waals surface area contributed by atoms with Crippen molar-refractivity contribution in [3.8, 4) is 5.75 Å². The molecular formula is C11H15N7O. The Morgan fingerprint density at radius 1 is 1.16 bits per heavy atom. The Kier molecular flexibility index (Phi) is 4.04. The summed E-state index contributed by atoms with van der Waals surface area (Å²) in [6.45, 7) is 2.36. The first-order valence-electron chi connectivity index (χ1n) is 5.61. The Morgan fingerprint density at radius 3 is 2.58 bits per heavy atom. The van der Waals surface area contributed by atoms with E-state index in [2.05, 4.69) is 30.7 Å². The molecule has 0 saturated carbocycles. The molecule has 0 bridgehead atoms. The zero-order chi connectivity index (χ0) is 13.7. The fourth-order valence-corrected chi connectivity index (χ4v) is 1.48. The predicted molar refractivity (Wildman–Crippen MR) is 70.5 cm³/mol. The number of anilines is 2. The number of nitrogens with two attached hydrogens (primary N) is 1. The average molecular weight is 261 g/mol. The van der Waals surface area contributed by atoms with E-state index in [4.69, 9.17) is 10.6 Å². The van der Waals surface area contributed by atoms with E-state index in [9.17, 15) is 0 Å². The van der Waals surface area contributed by atoms with E-state index >= 15 is 0 Å². The summed E-state index contributed by atoms with van der Waals surface area (Å²) in [6.07, 6.45) is 4.81. The number of hydrogen-bond donors (Lipinski definition) is 3. The number of aromatic nitrogens is 4. The van der Waals surface area contributed by atoms with E-state index in [-0.39, 0.29) is 0 Å². The van der Waals surface area contributed by atoms with Gasteiger partial charge in [-0.1, -0.05) is 0 Å². The third kappa shape index (κ3) is 3.05. The molecule has 8 heteroatoms. The van der Waals surface area contributed by atoms with Crippen LogP contribution in [-0.2, 0) is 6.54 Å². The molecule has 8 nitrogen and oxygen atoms in total. The van der Waals surface area contributed by atoms with Gasteiger partial charge in [0.1, 0.15) is 6.33 Å². The van der Waals surface area contributed by atoms with Crippen molar-refractivity contribution >= 4 is 11.6 Å². The van der Waals surface area contributed by atoms with Gasteiger partial charge in [0.05, 0.1) is 31.2 Å². The third-order valence-electron chi connectivity index (χ3n) is 2.42. The molecule has 0 radical (unpaired) electrons. The zero-order valence-electron chi connectivity index (χ0n) is 10.7. The van der Waals surface area contributed by atoms with E-state index in [1.54, 1.807) is 12.4 Å². The van der Waals surface area contributed by atoms with E-state index in [1.165, 1.54) is 13.4 Å². The lowest BCUT2D eigenvalue weighted by molar-refractivity contribution is 0.414. The number of nitrogen functional groups attached to an aromatic ring is 1.